The molecule has 1 N–H and O–H groups in total. The van der Waals surface area contributed by atoms with Crippen LogP contribution in [0, 0.1) is 12.3 Å². The Kier molecular flexibility index (Phi) is 6.78. The Morgan fingerprint density at radius 2 is 1.96 bits per heavy atom. The minimum absolute atomic E-state index is 0.0429. The molecule has 1 aromatic carbocycles. The summed E-state index contributed by atoms with van der Waals surface area (Å²) in [6, 6.07) is 6.59. The largest absolute Gasteiger partial charge is 0.481 e. The Bertz CT molecular complexity index is 734. The summed E-state index contributed by atoms with van der Waals surface area (Å²) >= 11 is 6.05. The van der Waals surface area contributed by atoms with Crippen LogP contribution in [0.4, 0.5) is 5.69 Å². The number of halogens is 1. The topological polar surface area (TPSA) is 83.9 Å². The number of Topliss-reactive ketones (excluding diaryl/α,β-unsaturated/α-hetero) is 1. The van der Waals surface area contributed by atoms with Crippen LogP contribution in [-0.4, -0.2) is 41.5 Å². The lowest BCUT2D eigenvalue weighted by atomic mass is 9.81. The fourth-order valence-electron chi connectivity index (χ4n) is 3.21. The van der Waals surface area contributed by atoms with Gasteiger partial charge in [-0.1, -0.05) is 17.7 Å². The second kappa shape index (κ2) is 8.84. The lowest BCUT2D eigenvalue weighted by molar-refractivity contribution is -0.137. The van der Waals surface area contributed by atoms with Crippen molar-refractivity contribution in [3.8, 4) is 12.3 Å². The second-order valence-electron chi connectivity index (χ2n) is 6.08. The number of ketones is 1. The van der Waals surface area contributed by atoms with Gasteiger partial charge in [0.25, 0.3) is 0 Å². The van der Waals surface area contributed by atoms with E-state index in [4.69, 9.17) is 27.9 Å². The van der Waals surface area contributed by atoms with Gasteiger partial charge in [0.15, 0.2) is 5.78 Å². The maximum absolute atomic E-state index is 13.1. The zero-order chi connectivity index (χ0) is 19.2. The molecule has 2 rings (SSSR count). The fraction of sp³-hybridized carbons (Fsp3) is 0.421. The molecule has 26 heavy (non-hydrogen) atoms. The molecule has 0 radical (unpaired) electrons. The summed E-state index contributed by atoms with van der Waals surface area (Å²) in [4.78, 5) is 37.7. The van der Waals surface area contributed by atoms with Gasteiger partial charge < -0.3 is 9.84 Å². The van der Waals surface area contributed by atoms with Gasteiger partial charge in [0.2, 0.25) is 0 Å². The molecule has 1 amide bonds. The van der Waals surface area contributed by atoms with Crippen molar-refractivity contribution < 1.29 is 24.2 Å². The second-order valence-corrected chi connectivity index (χ2v) is 6.52. The standard InChI is InChI=1S/C19H20ClNO5/c1-2-17(23)21(15-6-3-5-14(20)13-15)19(9-11-26-12-10-19)16(22)7-4-8-18(24)25/h1,3,5-6,13H,4,7-12H2,(H,24,25). The van der Waals surface area contributed by atoms with E-state index in [0.717, 1.165) is 0 Å². The predicted molar refractivity (Wildman–Crippen MR) is 97.0 cm³/mol. The average Bonchev–Trinajstić information content (AvgIpc) is 2.62. The van der Waals surface area contributed by atoms with Crippen molar-refractivity contribution in [1.82, 2.24) is 0 Å². The molecule has 6 nitrogen and oxygen atoms in total. The highest BCUT2D eigenvalue weighted by Gasteiger charge is 2.47. The Hall–Kier alpha value is -2.36. The fourth-order valence-corrected chi connectivity index (χ4v) is 3.39. The molecule has 1 fully saturated rings. The highest BCUT2D eigenvalue weighted by molar-refractivity contribution is 6.31. The Balaban J connectivity index is 2.43. The third-order valence-corrected chi connectivity index (χ3v) is 4.69. The molecule has 1 heterocycles. The van der Waals surface area contributed by atoms with Crippen LogP contribution in [0.15, 0.2) is 24.3 Å². The average molecular weight is 378 g/mol. The van der Waals surface area contributed by atoms with E-state index in [1.165, 1.54) is 4.90 Å². The van der Waals surface area contributed by atoms with Crippen molar-refractivity contribution in [3.05, 3.63) is 29.3 Å². The number of nitrogens with zero attached hydrogens (tertiary/aromatic N) is 1. The molecule has 138 valence electrons. The van der Waals surface area contributed by atoms with Gasteiger partial charge in [-0.15, -0.1) is 6.42 Å². The minimum atomic E-state index is -1.16. The third kappa shape index (κ3) is 4.43. The Morgan fingerprint density at radius 3 is 2.54 bits per heavy atom. The molecule has 0 spiro atoms. The van der Waals surface area contributed by atoms with Crippen molar-refractivity contribution in [1.29, 1.82) is 0 Å². The molecular formula is C19H20ClNO5. The first-order valence-electron chi connectivity index (χ1n) is 8.30. The monoisotopic (exact) mass is 377 g/mol. The number of benzene rings is 1. The van der Waals surface area contributed by atoms with E-state index in [-0.39, 0.29) is 25.0 Å². The Labute approximate surface area is 157 Å². The summed E-state index contributed by atoms with van der Waals surface area (Å²) in [7, 11) is 0. The van der Waals surface area contributed by atoms with E-state index < -0.39 is 17.4 Å². The number of rotatable bonds is 7. The highest BCUT2D eigenvalue weighted by Crippen LogP contribution is 2.36. The number of hydrogen-bond donors (Lipinski definition) is 1. The number of anilines is 1. The maximum atomic E-state index is 13.1. The quantitative estimate of drug-likeness (QED) is 0.738. The van der Waals surface area contributed by atoms with Gasteiger partial charge in [-0.3, -0.25) is 19.3 Å². The summed E-state index contributed by atoms with van der Waals surface area (Å²) < 4.78 is 5.38. The van der Waals surface area contributed by atoms with Crippen LogP contribution < -0.4 is 4.90 Å². The molecule has 0 atom stereocenters. The molecule has 0 unspecified atom stereocenters. The number of amides is 1. The number of carboxylic acid groups (broad SMARTS) is 1. The van der Waals surface area contributed by atoms with Gasteiger partial charge in [0.05, 0.1) is 0 Å². The van der Waals surface area contributed by atoms with E-state index in [2.05, 4.69) is 5.92 Å². The number of hydrogen-bond acceptors (Lipinski definition) is 4. The summed E-state index contributed by atoms with van der Waals surface area (Å²) in [5.74, 6) is 0.268. The van der Waals surface area contributed by atoms with E-state index in [9.17, 15) is 14.4 Å². The van der Waals surface area contributed by atoms with Gasteiger partial charge in [0, 0.05) is 49.6 Å². The lowest BCUT2D eigenvalue weighted by Gasteiger charge is -2.44. The first-order chi connectivity index (χ1) is 12.4. The first-order valence-corrected chi connectivity index (χ1v) is 8.68. The van der Waals surface area contributed by atoms with E-state index in [1.54, 1.807) is 24.3 Å². The number of aliphatic carboxylic acids is 1. The minimum Gasteiger partial charge on any atom is -0.481 e. The zero-order valence-corrected chi connectivity index (χ0v) is 15.0. The molecule has 1 aromatic rings. The van der Waals surface area contributed by atoms with Crippen LogP contribution in [0.2, 0.25) is 5.02 Å². The smallest absolute Gasteiger partial charge is 0.303 e. The van der Waals surface area contributed by atoms with Crippen molar-refractivity contribution in [2.75, 3.05) is 18.1 Å². The van der Waals surface area contributed by atoms with Crippen molar-refractivity contribution in [2.24, 2.45) is 0 Å². The highest BCUT2D eigenvalue weighted by atomic mass is 35.5. The van der Waals surface area contributed by atoms with Crippen molar-refractivity contribution >= 4 is 34.9 Å². The summed E-state index contributed by atoms with van der Waals surface area (Å²) in [6.45, 7) is 0.610. The van der Waals surface area contributed by atoms with Crippen LogP contribution >= 0.6 is 11.6 Å². The molecule has 0 saturated carbocycles. The van der Waals surface area contributed by atoms with E-state index in [1.807, 2.05) is 0 Å². The molecule has 1 aliphatic rings. The first kappa shape index (κ1) is 20.0. The summed E-state index contributed by atoms with van der Waals surface area (Å²) in [5.41, 5.74) is -0.723. The van der Waals surface area contributed by atoms with Crippen LogP contribution in [0.1, 0.15) is 32.1 Å². The normalized spacial score (nSPS) is 15.7. The molecule has 1 aliphatic heterocycles. The molecule has 0 aromatic heterocycles. The molecule has 0 aliphatic carbocycles. The Morgan fingerprint density at radius 1 is 1.27 bits per heavy atom. The van der Waals surface area contributed by atoms with Gasteiger partial charge in [-0.25, -0.2) is 0 Å². The SMILES string of the molecule is C#CC(=O)N(c1cccc(Cl)c1)C1(C(=O)CCCC(=O)O)CCOCC1. The molecule has 1 saturated heterocycles. The van der Waals surface area contributed by atoms with Crippen LogP contribution in [0.3, 0.4) is 0 Å². The maximum Gasteiger partial charge on any atom is 0.303 e. The number of ether oxygens (including phenoxy) is 1. The molecular weight excluding hydrogens is 358 g/mol. The van der Waals surface area contributed by atoms with E-state index >= 15 is 0 Å². The van der Waals surface area contributed by atoms with Gasteiger partial charge in [-0.2, -0.15) is 0 Å². The van der Waals surface area contributed by atoms with Gasteiger partial charge >= 0.3 is 11.9 Å². The summed E-state index contributed by atoms with van der Waals surface area (Å²) in [5, 5.41) is 9.22. The summed E-state index contributed by atoms with van der Waals surface area (Å²) in [6.07, 6.45) is 6.07. The molecule has 0 bridgehead atoms. The number of carbonyl (C=O) groups excluding carboxylic acids is 2. The number of terminal acetylenes is 1. The van der Waals surface area contributed by atoms with Crippen LogP contribution in [-0.2, 0) is 19.1 Å². The van der Waals surface area contributed by atoms with Crippen LogP contribution in [0.5, 0.6) is 0 Å². The number of carboxylic acids is 1. The lowest BCUT2D eigenvalue weighted by Crippen LogP contribution is -2.60. The third-order valence-electron chi connectivity index (χ3n) is 4.45. The van der Waals surface area contributed by atoms with Crippen molar-refractivity contribution in [3.63, 3.8) is 0 Å². The number of carbonyl (C=O) groups is 3. The predicted octanol–water partition coefficient (Wildman–Crippen LogP) is 2.68. The van der Waals surface area contributed by atoms with Gasteiger partial charge in [-0.05, 0) is 30.5 Å². The van der Waals surface area contributed by atoms with E-state index in [0.29, 0.717) is 36.8 Å². The molecule has 7 heteroatoms. The van der Waals surface area contributed by atoms with Crippen LogP contribution in [0.25, 0.3) is 0 Å². The van der Waals surface area contributed by atoms with Gasteiger partial charge in [0.1, 0.15) is 5.54 Å². The zero-order valence-electron chi connectivity index (χ0n) is 14.2. The van der Waals surface area contributed by atoms with Crippen molar-refractivity contribution in [2.45, 2.75) is 37.6 Å².